The first-order valence-electron chi connectivity index (χ1n) is 6.52. The lowest BCUT2D eigenvalue weighted by Gasteiger charge is -2.17. The third-order valence-electron chi connectivity index (χ3n) is 2.61. The van der Waals surface area contributed by atoms with E-state index in [1.54, 1.807) is 13.2 Å². The number of carbonyl (C=O) groups is 2. The molecule has 1 heterocycles. The van der Waals surface area contributed by atoms with Gasteiger partial charge in [0.25, 0.3) is 0 Å². The Bertz CT molecular complexity index is 457. The number of hydrogen-bond donors (Lipinski definition) is 2. The molecule has 0 atom stereocenters. The largest absolute Gasteiger partial charge is 0.354 e. The van der Waals surface area contributed by atoms with E-state index < -0.39 is 0 Å². The third kappa shape index (κ3) is 5.35. The van der Waals surface area contributed by atoms with Gasteiger partial charge in [0.15, 0.2) is 0 Å². The zero-order valence-electron chi connectivity index (χ0n) is 12.2. The van der Waals surface area contributed by atoms with E-state index in [2.05, 4.69) is 15.6 Å². The van der Waals surface area contributed by atoms with Gasteiger partial charge in [0.2, 0.25) is 11.8 Å². The zero-order chi connectivity index (χ0) is 15.1. The van der Waals surface area contributed by atoms with Crippen LogP contribution in [-0.4, -0.2) is 51.8 Å². The van der Waals surface area contributed by atoms with Gasteiger partial charge in [0.05, 0.1) is 18.4 Å². The van der Waals surface area contributed by atoms with Gasteiger partial charge in [-0.3, -0.25) is 9.59 Å². The summed E-state index contributed by atoms with van der Waals surface area (Å²) in [6.45, 7) is 4.97. The van der Waals surface area contributed by atoms with Crippen molar-refractivity contribution in [3.8, 4) is 0 Å². The fraction of sp³-hybridized carbons (Fsp3) is 0.667. The fourth-order valence-corrected chi connectivity index (χ4v) is 1.45. The highest BCUT2D eigenvalue weighted by atomic mass is 16.2. The van der Waals surface area contributed by atoms with E-state index in [0.29, 0.717) is 18.2 Å². The van der Waals surface area contributed by atoms with Crippen molar-refractivity contribution in [1.29, 1.82) is 0 Å². The Labute approximate surface area is 118 Å². The number of likely N-dealkylation sites (N-methyl/N-ethyl adjacent to an activating group) is 1. The van der Waals surface area contributed by atoms with Gasteiger partial charge >= 0.3 is 0 Å². The number of nitrogens with zero attached hydrogens (tertiary/aromatic N) is 4. The molecule has 8 heteroatoms. The lowest BCUT2D eigenvalue weighted by Crippen LogP contribution is -2.40. The molecule has 0 aliphatic rings. The minimum atomic E-state index is -0.210. The fourth-order valence-electron chi connectivity index (χ4n) is 1.45. The van der Waals surface area contributed by atoms with Crippen LogP contribution in [0, 0.1) is 5.92 Å². The van der Waals surface area contributed by atoms with Crippen LogP contribution in [-0.2, 0) is 22.7 Å². The van der Waals surface area contributed by atoms with E-state index in [-0.39, 0.29) is 31.4 Å². The molecule has 0 aromatic carbocycles. The SMILES string of the molecule is CC(C)CNC(=O)CN(C)C(=O)Cn1cc(CN)nn1. The van der Waals surface area contributed by atoms with Crippen LogP contribution in [0.2, 0.25) is 0 Å². The second-order valence-corrected chi connectivity index (χ2v) is 5.06. The first kappa shape index (κ1) is 16.1. The first-order chi connectivity index (χ1) is 9.42. The van der Waals surface area contributed by atoms with Crippen LogP contribution in [0.25, 0.3) is 0 Å². The Morgan fingerprint density at radius 3 is 2.75 bits per heavy atom. The van der Waals surface area contributed by atoms with Crippen LogP contribution in [0.5, 0.6) is 0 Å². The second-order valence-electron chi connectivity index (χ2n) is 5.06. The molecule has 0 saturated heterocycles. The molecule has 0 aliphatic carbocycles. The summed E-state index contributed by atoms with van der Waals surface area (Å²) in [6.07, 6.45) is 1.62. The van der Waals surface area contributed by atoms with Gasteiger partial charge in [0, 0.05) is 20.1 Å². The summed E-state index contributed by atoms with van der Waals surface area (Å²) in [4.78, 5) is 24.9. The molecule has 0 spiro atoms. The maximum Gasteiger partial charge on any atom is 0.244 e. The predicted molar refractivity (Wildman–Crippen MR) is 73.4 cm³/mol. The van der Waals surface area contributed by atoms with Crippen LogP contribution >= 0.6 is 0 Å². The number of nitrogens with two attached hydrogens (primary N) is 1. The van der Waals surface area contributed by atoms with Crippen LogP contribution < -0.4 is 11.1 Å². The van der Waals surface area contributed by atoms with Crippen LogP contribution in [0.1, 0.15) is 19.5 Å². The summed E-state index contributed by atoms with van der Waals surface area (Å²) in [6, 6.07) is 0. The summed E-state index contributed by atoms with van der Waals surface area (Å²) in [7, 11) is 1.58. The summed E-state index contributed by atoms with van der Waals surface area (Å²) < 4.78 is 1.41. The van der Waals surface area contributed by atoms with Crippen molar-refractivity contribution in [1.82, 2.24) is 25.2 Å². The lowest BCUT2D eigenvalue weighted by molar-refractivity contribution is -0.135. The Morgan fingerprint density at radius 2 is 2.20 bits per heavy atom. The van der Waals surface area contributed by atoms with Crippen LogP contribution in [0.4, 0.5) is 0 Å². The van der Waals surface area contributed by atoms with Crippen molar-refractivity contribution >= 4 is 11.8 Å². The molecule has 0 radical (unpaired) electrons. The molecule has 0 unspecified atom stereocenters. The van der Waals surface area contributed by atoms with E-state index in [9.17, 15) is 9.59 Å². The molecule has 0 saturated carbocycles. The van der Waals surface area contributed by atoms with Crippen molar-refractivity contribution in [2.45, 2.75) is 26.9 Å². The molecule has 2 amide bonds. The van der Waals surface area contributed by atoms with Crippen molar-refractivity contribution in [3.05, 3.63) is 11.9 Å². The number of hydrogen-bond acceptors (Lipinski definition) is 5. The molecule has 0 bridgehead atoms. The molecule has 0 fully saturated rings. The van der Waals surface area contributed by atoms with Gasteiger partial charge in [0.1, 0.15) is 6.54 Å². The molecule has 8 nitrogen and oxygen atoms in total. The summed E-state index contributed by atoms with van der Waals surface area (Å²) in [5, 5.41) is 10.3. The number of aromatic nitrogens is 3. The number of rotatable bonds is 7. The Kier molecular flexibility index (Phi) is 6.10. The molecular formula is C12H22N6O2. The van der Waals surface area contributed by atoms with Gasteiger partial charge in [-0.05, 0) is 5.92 Å². The minimum absolute atomic E-state index is 0.0317. The predicted octanol–water partition coefficient (Wildman–Crippen LogP) is -1.03. The van der Waals surface area contributed by atoms with E-state index in [1.807, 2.05) is 13.8 Å². The quantitative estimate of drug-likeness (QED) is 0.665. The van der Waals surface area contributed by atoms with Gasteiger partial charge in [-0.25, -0.2) is 4.68 Å². The summed E-state index contributed by atoms with van der Waals surface area (Å²) >= 11 is 0. The van der Waals surface area contributed by atoms with Crippen LogP contribution in [0.15, 0.2) is 6.20 Å². The number of amides is 2. The van der Waals surface area contributed by atoms with E-state index in [4.69, 9.17) is 5.73 Å². The van der Waals surface area contributed by atoms with E-state index in [1.165, 1.54) is 9.58 Å². The first-order valence-corrected chi connectivity index (χ1v) is 6.52. The average molecular weight is 282 g/mol. The standard InChI is InChI=1S/C12H22N6O2/c1-9(2)5-14-11(19)7-17(3)12(20)8-18-6-10(4-13)15-16-18/h6,9H,4-5,7-8,13H2,1-3H3,(H,14,19). The number of carbonyl (C=O) groups excluding carboxylic acids is 2. The van der Waals surface area contributed by atoms with Crippen molar-refractivity contribution in [2.75, 3.05) is 20.1 Å². The van der Waals surface area contributed by atoms with Gasteiger partial charge < -0.3 is 16.0 Å². The van der Waals surface area contributed by atoms with E-state index in [0.717, 1.165) is 0 Å². The zero-order valence-corrected chi connectivity index (χ0v) is 12.2. The van der Waals surface area contributed by atoms with Gasteiger partial charge in [-0.1, -0.05) is 19.1 Å². The van der Waals surface area contributed by atoms with Gasteiger partial charge in [-0.15, -0.1) is 5.10 Å². The third-order valence-corrected chi connectivity index (χ3v) is 2.61. The smallest absolute Gasteiger partial charge is 0.244 e. The molecule has 1 aromatic rings. The maximum atomic E-state index is 11.9. The highest BCUT2D eigenvalue weighted by Crippen LogP contribution is 1.94. The monoisotopic (exact) mass is 282 g/mol. The highest BCUT2D eigenvalue weighted by molar-refractivity contribution is 5.84. The van der Waals surface area contributed by atoms with Crippen LogP contribution in [0.3, 0.4) is 0 Å². The molecule has 1 aromatic heterocycles. The summed E-state index contributed by atoms with van der Waals surface area (Å²) in [5.41, 5.74) is 6.03. The highest BCUT2D eigenvalue weighted by Gasteiger charge is 2.14. The van der Waals surface area contributed by atoms with Crippen molar-refractivity contribution in [3.63, 3.8) is 0 Å². The second kappa shape index (κ2) is 7.59. The Balaban J connectivity index is 2.40. The topological polar surface area (TPSA) is 106 Å². The molecular weight excluding hydrogens is 260 g/mol. The summed E-state index contributed by atoms with van der Waals surface area (Å²) in [5.74, 6) is -0.00116. The molecule has 3 N–H and O–H groups in total. The average Bonchev–Trinajstić information content (AvgIpc) is 2.83. The molecule has 20 heavy (non-hydrogen) atoms. The Morgan fingerprint density at radius 1 is 1.50 bits per heavy atom. The molecule has 1 rings (SSSR count). The Hall–Kier alpha value is -1.96. The molecule has 112 valence electrons. The lowest BCUT2D eigenvalue weighted by atomic mass is 10.2. The van der Waals surface area contributed by atoms with Gasteiger partial charge in [-0.2, -0.15) is 0 Å². The normalized spacial score (nSPS) is 10.7. The number of nitrogens with one attached hydrogen (secondary N) is 1. The minimum Gasteiger partial charge on any atom is -0.354 e. The van der Waals surface area contributed by atoms with E-state index >= 15 is 0 Å². The van der Waals surface area contributed by atoms with Crippen molar-refractivity contribution in [2.24, 2.45) is 11.7 Å². The molecule has 0 aliphatic heterocycles. The van der Waals surface area contributed by atoms with Crippen molar-refractivity contribution < 1.29 is 9.59 Å². The maximum absolute atomic E-state index is 11.9.